The van der Waals surface area contributed by atoms with Gasteiger partial charge in [-0.2, -0.15) is 0 Å². The molecule has 0 amide bonds. The molecule has 3 aromatic rings. The van der Waals surface area contributed by atoms with Crippen LogP contribution in [0.5, 0.6) is 0 Å². The van der Waals surface area contributed by atoms with Crippen molar-refractivity contribution in [3.8, 4) is 0 Å². The highest BCUT2D eigenvalue weighted by molar-refractivity contribution is 5.96. The average Bonchev–Trinajstić information content (AvgIpc) is 2.75. The second-order valence-corrected chi connectivity index (χ2v) is 7.16. The van der Waals surface area contributed by atoms with Crippen LogP contribution in [0.1, 0.15) is 6.92 Å². The summed E-state index contributed by atoms with van der Waals surface area (Å²) in [6.45, 7) is 5.62. The monoisotopic (exact) mass is 392 g/mol. The number of rotatable bonds is 5. The van der Waals surface area contributed by atoms with Gasteiger partial charge in [0.25, 0.3) is 0 Å². The molecule has 0 unspecified atom stereocenters. The number of hydrogen-bond acceptors (Lipinski definition) is 7. The van der Waals surface area contributed by atoms with Crippen molar-refractivity contribution in [1.82, 2.24) is 14.9 Å². The molecule has 0 bridgehead atoms. The Hall–Kier alpha value is -3.26. The molecular weight excluding hydrogens is 368 g/mol. The number of piperazine rings is 1. The minimum absolute atomic E-state index is 0.0353. The van der Waals surface area contributed by atoms with E-state index in [1.54, 1.807) is 0 Å². The number of nitro groups is 1. The maximum Gasteiger partial charge on any atom is 0.353 e. The standard InChI is InChI=1S/C21H24N6O2/c1-3-26(18-10-6-8-16-7-4-5-9-17(16)18)21-19(27(28)29)20(22-15-23-21)25-13-11-24(2)12-14-25/h4-10,15H,3,11-14H2,1-2H3. The van der Waals surface area contributed by atoms with Crippen molar-refractivity contribution in [1.29, 1.82) is 0 Å². The molecule has 29 heavy (non-hydrogen) atoms. The minimum atomic E-state index is -0.350. The normalized spacial score (nSPS) is 14.9. The van der Waals surface area contributed by atoms with E-state index < -0.39 is 0 Å². The van der Waals surface area contributed by atoms with Crippen molar-refractivity contribution in [3.63, 3.8) is 0 Å². The van der Waals surface area contributed by atoms with Crippen LogP contribution in [-0.2, 0) is 0 Å². The van der Waals surface area contributed by atoms with Crippen molar-refractivity contribution in [3.05, 3.63) is 58.9 Å². The van der Waals surface area contributed by atoms with E-state index >= 15 is 0 Å². The quantitative estimate of drug-likeness (QED) is 0.486. The van der Waals surface area contributed by atoms with Crippen LogP contribution >= 0.6 is 0 Å². The van der Waals surface area contributed by atoms with E-state index in [0.717, 1.165) is 29.5 Å². The maximum atomic E-state index is 12.1. The van der Waals surface area contributed by atoms with Gasteiger partial charge in [0, 0.05) is 38.1 Å². The molecule has 4 rings (SSSR count). The van der Waals surface area contributed by atoms with Gasteiger partial charge in [0.15, 0.2) is 0 Å². The van der Waals surface area contributed by atoms with Crippen molar-refractivity contribution >= 4 is 33.8 Å². The number of aromatic nitrogens is 2. The summed E-state index contributed by atoms with van der Waals surface area (Å²) in [4.78, 5) is 26.5. The van der Waals surface area contributed by atoms with Crippen LogP contribution in [0.4, 0.5) is 23.0 Å². The third-order valence-electron chi connectivity index (χ3n) is 5.40. The lowest BCUT2D eigenvalue weighted by molar-refractivity contribution is -0.383. The zero-order valence-corrected chi connectivity index (χ0v) is 16.7. The van der Waals surface area contributed by atoms with Gasteiger partial charge in [-0.3, -0.25) is 10.1 Å². The molecule has 8 nitrogen and oxygen atoms in total. The topological polar surface area (TPSA) is 78.6 Å². The molecule has 150 valence electrons. The van der Waals surface area contributed by atoms with Crippen LogP contribution in [-0.4, -0.2) is 59.6 Å². The number of likely N-dealkylation sites (N-methyl/N-ethyl adjacent to an activating group) is 1. The van der Waals surface area contributed by atoms with E-state index in [1.165, 1.54) is 6.33 Å². The highest BCUT2D eigenvalue weighted by atomic mass is 16.6. The van der Waals surface area contributed by atoms with Gasteiger partial charge in [0.05, 0.1) is 10.6 Å². The molecule has 0 atom stereocenters. The third kappa shape index (κ3) is 3.58. The molecule has 8 heteroatoms. The number of anilines is 3. The second-order valence-electron chi connectivity index (χ2n) is 7.16. The first-order valence-electron chi connectivity index (χ1n) is 9.78. The van der Waals surface area contributed by atoms with Gasteiger partial charge in [0.2, 0.25) is 11.6 Å². The van der Waals surface area contributed by atoms with Gasteiger partial charge >= 0.3 is 5.69 Å². The first-order valence-corrected chi connectivity index (χ1v) is 9.78. The Morgan fingerprint density at radius 2 is 1.79 bits per heavy atom. The van der Waals surface area contributed by atoms with E-state index in [2.05, 4.69) is 21.9 Å². The summed E-state index contributed by atoms with van der Waals surface area (Å²) >= 11 is 0. The Bertz CT molecular complexity index is 1030. The van der Waals surface area contributed by atoms with Gasteiger partial charge in [-0.1, -0.05) is 36.4 Å². The van der Waals surface area contributed by atoms with E-state index in [9.17, 15) is 10.1 Å². The molecule has 0 spiro atoms. The summed E-state index contributed by atoms with van der Waals surface area (Å²) in [7, 11) is 2.05. The zero-order valence-electron chi connectivity index (χ0n) is 16.7. The van der Waals surface area contributed by atoms with Crippen LogP contribution in [0, 0.1) is 10.1 Å². The molecule has 1 aromatic heterocycles. The maximum absolute atomic E-state index is 12.1. The number of fused-ring (bicyclic) bond motifs is 1. The minimum Gasteiger partial charge on any atom is -0.348 e. The van der Waals surface area contributed by atoms with Crippen molar-refractivity contribution in [2.45, 2.75) is 6.92 Å². The molecule has 1 saturated heterocycles. The molecule has 0 aliphatic carbocycles. The molecule has 2 aromatic carbocycles. The van der Waals surface area contributed by atoms with Crippen LogP contribution in [0.2, 0.25) is 0 Å². The SMILES string of the molecule is CCN(c1ncnc(N2CCN(C)CC2)c1[N+](=O)[O-])c1cccc2ccccc12. The predicted octanol–water partition coefficient (Wildman–Crippen LogP) is 3.45. The molecule has 0 saturated carbocycles. The largest absolute Gasteiger partial charge is 0.353 e. The molecule has 1 aliphatic rings. The third-order valence-corrected chi connectivity index (χ3v) is 5.40. The van der Waals surface area contributed by atoms with E-state index in [0.29, 0.717) is 31.3 Å². The smallest absolute Gasteiger partial charge is 0.348 e. The lowest BCUT2D eigenvalue weighted by Crippen LogP contribution is -2.45. The van der Waals surface area contributed by atoms with Crippen LogP contribution in [0.25, 0.3) is 10.8 Å². The molecule has 2 heterocycles. The van der Waals surface area contributed by atoms with Gasteiger partial charge in [-0.05, 0) is 25.4 Å². The summed E-state index contributed by atoms with van der Waals surface area (Å²) in [5.41, 5.74) is 0.864. The lowest BCUT2D eigenvalue weighted by Gasteiger charge is -2.33. The number of benzene rings is 2. The van der Waals surface area contributed by atoms with E-state index in [1.807, 2.05) is 59.2 Å². The number of nitrogens with zero attached hydrogens (tertiary/aromatic N) is 6. The Kier molecular flexibility index (Phi) is 5.26. The Morgan fingerprint density at radius 3 is 2.52 bits per heavy atom. The highest BCUT2D eigenvalue weighted by Crippen LogP contribution is 2.39. The molecule has 0 N–H and O–H groups in total. The fourth-order valence-electron chi connectivity index (χ4n) is 3.85. The van der Waals surface area contributed by atoms with Gasteiger partial charge < -0.3 is 14.7 Å². The summed E-state index contributed by atoms with van der Waals surface area (Å²) < 4.78 is 0. The highest BCUT2D eigenvalue weighted by Gasteiger charge is 2.31. The van der Waals surface area contributed by atoms with Crippen LogP contribution in [0.3, 0.4) is 0 Å². The van der Waals surface area contributed by atoms with Gasteiger partial charge in [-0.25, -0.2) is 9.97 Å². The summed E-state index contributed by atoms with van der Waals surface area (Å²) in [6, 6.07) is 14.0. The van der Waals surface area contributed by atoms with Crippen LogP contribution in [0.15, 0.2) is 48.8 Å². The summed E-state index contributed by atoms with van der Waals surface area (Å²) in [6.07, 6.45) is 1.43. The predicted molar refractivity (Wildman–Crippen MR) is 115 cm³/mol. The summed E-state index contributed by atoms with van der Waals surface area (Å²) in [5, 5.41) is 14.2. The fourth-order valence-corrected chi connectivity index (χ4v) is 3.85. The first kappa shape index (κ1) is 19.1. The van der Waals surface area contributed by atoms with E-state index in [4.69, 9.17) is 0 Å². The Labute approximate surface area is 169 Å². The Morgan fingerprint density at radius 1 is 1.07 bits per heavy atom. The molecule has 1 aliphatic heterocycles. The molecule has 0 radical (unpaired) electrons. The van der Waals surface area contributed by atoms with Crippen molar-refractivity contribution < 1.29 is 4.92 Å². The Balaban J connectivity index is 1.84. The molecular formula is C21H24N6O2. The lowest BCUT2D eigenvalue weighted by atomic mass is 10.1. The first-order chi connectivity index (χ1) is 14.1. The van der Waals surface area contributed by atoms with E-state index in [-0.39, 0.29) is 10.6 Å². The van der Waals surface area contributed by atoms with Crippen molar-refractivity contribution in [2.24, 2.45) is 0 Å². The zero-order chi connectivity index (χ0) is 20.4. The van der Waals surface area contributed by atoms with Crippen molar-refractivity contribution in [2.75, 3.05) is 49.6 Å². The fraction of sp³-hybridized carbons (Fsp3) is 0.333. The van der Waals surface area contributed by atoms with Gasteiger partial charge in [0.1, 0.15) is 6.33 Å². The van der Waals surface area contributed by atoms with Crippen LogP contribution < -0.4 is 9.80 Å². The summed E-state index contributed by atoms with van der Waals surface area (Å²) in [5.74, 6) is 0.726. The number of hydrogen-bond donors (Lipinski definition) is 0. The average molecular weight is 392 g/mol. The molecule has 1 fully saturated rings. The second kappa shape index (κ2) is 8.00. The van der Waals surface area contributed by atoms with Gasteiger partial charge in [-0.15, -0.1) is 0 Å².